The lowest BCUT2D eigenvalue weighted by molar-refractivity contribution is 0.0892. The van der Waals surface area contributed by atoms with Gasteiger partial charge in [0.1, 0.15) is 0 Å². The number of nitrogens with one attached hydrogen (secondary N) is 1. The normalized spacial score (nSPS) is 12.4. The predicted octanol–water partition coefficient (Wildman–Crippen LogP) is 9.57. The maximum Gasteiger partial charge on any atom is 0.0494 e. The third-order valence-corrected chi connectivity index (χ3v) is 7.49. The number of hydrogen-bond donors (Lipinski definition) is 2. The third-order valence-electron chi connectivity index (χ3n) is 7.49. The van der Waals surface area contributed by atoms with E-state index in [4.69, 9.17) is 10.5 Å². The van der Waals surface area contributed by atoms with Crippen molar-refractivity contribution in [3.05, 3.63) is 0 Å². The minimum absolute atomic E-state index is 0.781. The minimum atomic E-state index is 0.781. The molecule has 1 atom stereocenters. The summed E-state index contributed by atoms with van der Waals surface area (Å²) in [7, 11) is 0. The number of hydrogen-bond acceptors (Lipinski definition) is 3. The lowest BCUT2D eigenvalue weighted by atomic mass is 9.94. The Morgan fingerprint density at radius 2 is 0.914 bits per heavy atom. The van der Waals surface area contributed by atoms with Gasteiger partial charge in [0.05, 0.1) is 0 Å². The summed E-state index contributed by atoms with van der Waals surface area (Å²) in [5.41, 5.74) is 5.55. The van der Waals surface area contributed by atoms with Crippen molar-refractivity contribution >= 4 is 0 Å². The highest BCUT2D eigenvalue weighted by atomic mass is 16.5. The molecule has 3 N–H and O–H groups in total. The van der Waals surface area contributed by atoms with Gasteiger partial charge in [0, 0.05) is 13.2 Å². The maximum atomic E-state index is 6.12. The first-order valence-electron chi connectivity index (χ1n) is 16.3. The summed E-state index contributed by atoms with van der Waals surface area (Å²) in [4.78, 5) is 0. The van der Waals surface area contributed by atoms with Crippen LogP contribution in [0, 0.1) is 5.92 Å². The quantitative estimate of drug-likeness (QED) is 0.0939. The molecular weight excluding hydrogens is 428 g/mol. The second-order valence-corrected chi connectivity index (χ2v) is 11.1. The van der Waals surface area contributed by atoms with E-state index in [1.165, 1.54) is 141 Å². The summed E-state index contributed by atoms with van der Waals surface area (Å²) in [5.74, 6) is 0.781. The molecule has 0 saturated heterocycles. The summed E-state index contributed by atoms with van der Waals surface area (Å²) >= 11 is 0. The van der Waals surface area contributed by atoms with Gasteiger partial charge in [-0.3, -0.25) is 0 Å². The van der Waals surface area contributed by atoms with Crippen LogP contribution in [0.2, 0.25) is 0 Å². The van der Waals surface area contributed by atoms with Crippen LogP contribution >= 0.6 is 0 Å². The van der Waals surface area contributed by atoms with Gasteiger partial charge in [-0.2, -0.15) is 0 Å². The van der Waals surface area contributed by atoms with Crippen LogP contribution in [0.4, 0.5) is 0 Å². The summed E-state index contributed by atoms with van der Waals surface area (Å²) < 4.78 is 6.12. The first-order chi connectivity index (χ1) is 17.3. The molecule has 0 amide bonds. The molecule has 0 aromatic rings. The van der Waals surface area contributed by atoms with Gasteiger partial charge >= 0.3 is 0 Å². The molecule has 0 bridgehead atoms. The highest BCUT2D eigenvalue weighted by Crippen LogP contribution is 2.20. The van der Waals surface area contributed by atoms with Crippen LogP contribution in [0.5, 0.6) is 0 Å². The third kappa shape index (κ3) is 30.0. The van der Waals surface area contributed by atoms with E-state index in [1.807, 2.05) is 0 Å². The van der Waals surface area contributed by atoms with Crippen LogP contribution < -0.4 is 11.1 Å². The first-order valence-corrected chi connectivity index (χ1v) is 16.3. The fourth-order valence-electron chi connectivity index (χ4n) is 5.05. The van der Waals surface area contributed by atoms with Gasteiger partial charge in [0.2, 0.25) is 0 Å². The van der Waals surface area contributed by atoms with Gasteiger partial charge in [-0.1, -0.05) is 142 Å². The standard InChI is InChI=1S/C32H68N2O/c1-3-5-7-9-11-13-14-16-18-20-22-26-32(31-35-30-24-29-34-28-23-27-33)25-21-19-17-15-12-10-8-6-4-2/h32,34H,3-31,33H2,1-2H3. The molecule has 0 aromatic carbocycles. The van der Waals surface area contributed by atoms with Crippen molar-refractivity contribution in [3.8, 4) is 0 Å². The Kier molecular flexibility index (Phi) is 31.8. The number of nitrogens with two attached hydrogens (primary N) is 1. The smallest absolute Gasteiger partial charge is 0.0494 e. The molecule has 0 heterocycles. The van der Waals surface area contributed by atoms with Gasteiger partial charge in [-0.15, -0.1) is 0 Å². The van der Waals surface area contributed by atoms with E-state index >= 15 is 0 Å². The highest BCUT2D eigenvalue weighted by Gasteiger charge is 2.09. The monoisotopic (exact) mass is 497 g/mol. The van der Waals surface area contributed by atoms with Crippen molar-refractivity contribution in [1.82, 2.24) is 5.32 Å². The summed E-state index contributed by atoms with van der Waals surface area (Å²) in [6.45, 7) is 9.37. The highest BCUT2D eigenvalue weighted by molar-refractivity contribution is 4.61. The average Bonchev–Trinajstić information content (AvgIpc) is 2.87. The van der Waals surface area contributed by atoms with E-state index in [0.29, 0.717) is 0 Å². The van der Waals surface area contributed by atoms with Crippen molar-refractivity contribution in [2.24, 2.45) is 11.7 Å². The number of rotatable bonds is 31. The molecular formula is C32H68N2O. The van der Waals surface area contributed by atoms with E-state index in [1.54, 1.807) is 0 Å². The Bertz CT molecular complexity index is 363. The van der Waals surface area contributed by atoms with E-state index in [-0.39, 0.29) is 0 Å². The van der Waals surface area contributed by atoms with Crippen LogP contribution in [0.25, 0.3) is 0 Å². The molecule has 0 aliphatic rings. The van der Waals surface area contributed by atoms with Crippen LogP contribution in [-0.4, -0.2) is 32.8 Å². The minimum Gasteiger partial charge on any atom is -0.381 e. The van der Waals surface area contributed by atoms with Gasteiger partial charge in [0.15, 0.2) is 0 Å². The second kappa shape index (κ2) is 31.9. The molecule has 0 saturated carbocycles. The Morgan fingerprint density at radius 3 is 1.34 bits per heavy atom. The molecule has 35 heavy (non-hydrogen) atoms. The fraction of sp³-hybridized carbons (Fsp3) is 1.00. The maximum absolute atomic E-state index is 6.12. The summed E-state index contributed by atoms with van der Waals surface area (Å²) in [5, 5.41) is 3.46. The zero-order chi connectivity index (χ0) is 25.5. The van der Waals surface area contributed by atoms with Crippen LogP contribution in [0.15, 0.2) is 0 Å². The molecule has 0 spiro atoms. The number of ether oxygens (including phenoxy) is 1. The van der Waals surface area contributed by atoms with Gasteiger partial charge in [0.25, 0.3) is 0 Å². The molecule has 0 rings (SSSR count). The Hall–Kier alpha value is -0.120. The molecule has 0 fully saturated rings. The zero-order valence-electron chi connectivity index (χ0n) is 24.6. The molecule has 3 nitrogen and oxygen atoms in total. The zero-order valence-corrected chi connectivity index (χ0v) is 24.6. The molecule has 1 unspecified atom stereocenters. The van der Waals surface area contributed by atoms with Crippen molar-refractivity contribution in [1.29, 1.82) is 0 Å². The molecule has 212 valence electrons. The van der Waals surface area contributed by atoms with Crippen molar-refractivity contribution < 1.29 is 4.74 Å². The average molecular weight is 497 g/mol. The topological polar surface area (TPSA) is 47.3 Å². The molecule has 0 aromatic heterocycles. The molecule has 0 radical (unpaired) electrons. The van der Waals surface area contributed by atoms with E-state index < -0.39 is 0 Å². The Morgan fingerprint density at radius 1 is 0.514 bits per heavy atom. The fourth-order valence-corrected chi connectivity index (χ4v) is 5.05. The lowest BCUT2D eigenvalue weighted by Gasteiger charge is -2.17. The number of unbranched alkanes of at least 4 members (excludes halogenated alkanes) is 18. The van der Waals surface area contributed by atoms with Gasteiger partial charge in [-0.05, 0) is 51.2 Å². The summed E-state index contributed by atoms with van der Waals surface area (Å²) in [6.07, 6.45) is 33.6. The largest absolute Gasteiger partial charge is 0.381 e. The Labute approximate surface area is 222 Å². The first kappa shape index (κ1) is 34.9. The molecule has 3 heteroatoms. The van der Waals surface area contributed by atoms with Crippen molar-refractivity contribution in [2.45, 2.75) is 168 Å². The van der Waals surface area contributed by atoms with Gasteiger partial charge < -0.3 is 15.8 Å². The van der Waals surface area contributed by atoms with Crippen molar-refractivity contribution in [3.63, 3.8) is 0 Å². The van der Waals surface area contributed by atoms with Crippen LogP contribution in [0.3, 0.4) is 0 Å². The van der Waals surface area contributed by atoms with Crippen molar-refractivity contribution in [2.75, 3.05) is 32.8 Å². The van der Waals surface area contributed by atoms with E-state index in [2.05, 4.69) is 19.2 Å². The van der Waals surface area contributed by atoms with Crippen LogP contribution in [-0.2, 0) is 4.74 Å². The SMILES string of the molecule is CCCCCCCCCCCCCC(CCCCCCCCCCC)COCCCNCCCN. The van der Waals surface area contributed by atoms with Gasteiger partial charge in [-0.25, -0.2) is 0 Å². The Balaban J connectivity index is 3.84. The molecule has 0 aliphatic carbocycles. The second-order valence-electron chi connectivity index (χ2n) is 11.1. The summed E-state index contributed by atoms with van der Waals surface area (Å²) in [6, 6.07) is 0. The van der Waals surface area contributed by atoms with E-state index in [0.717, 1.165) is 51.6 Å². The molecule has 0 aliphatic heterocycles. The van der Waals surface area contributed by atoms with Crippen LogP contribution in [0.1, 0.15) is 168 Å². The lowest BCUT2D eigenvalue weighted by Crippen LogP contribution is -2.21. The predicted molar refractivity (Wildman–Crippen MR) is 158 cm³/mol. The van der Waals surface area contributed by atoms with E-state index in [9.17, 15) is 0 Å².